The molecule has 1 N–H and O–H groups in total. The van der Waals surface area contributed by atoms with Crippen molar-refractivity contribution < 1.29 is 18.7 Å². The molecule has 0 unspecified atom stereocenters. The van der Waals surface area contributed by atoms with E-state index < -0.39 is 5.82 Å². The molecule has 1 amide bonds. The van der Waals surface area contributed by atoms with Gasteiger partial charge in [-0.3, -0.25) is 4.79 Å². The maximum Gasteiger partial charge on any atom is 0.255 e. The van der Waals surface area contributed by atoms with Gasteiger partial charge < -0.3 is 24.6 Å². The van der Waals surface area contributed by atoms with Crippen LogP contribution in [-0.2, 0) is 4.74 Å². The average molecular weight is 556 g/mol. The van der Waals surface area contributed by atoms with Gasteiger partial charge in [-0.05, 0) is 62.4 Å². The Labute approximate surface area is 239 Å². The summed E-state index contributed by atoms with van der Waals surface area (Å²) in [6, 6.07) is 17.6. The number of fused-ring (bicyclic) bond motifs is 1. The van der Waals surface area contributed by atoms with E-state index in [0.717, 1.165) is 68.3 Å². The first-order valence-corrected chi connectivity index (χ1v) is 14.2. The molecular formula is C32H34FN5O3. The Hall–Kier alpha value is -4.24. The van der Waals surface area contributed by atoms with E-state index in [2.05, 4.69) is 25.1 Å². The molecule has 3 aromatic carbocycles. The highest BCUT2D eigenvalue weighted by molar-refractivity contribution is 6.10. The molecule has 212 valence electrons. The summed E-state index contributed by atoms with van der Waals surface area (Å²) in [5.74, 6) is 0.901. The molecule has 0 spiro atoms. The predicted molar refractivity (Wildman–Crippen MR) is 159 cm³/mol. The van der Waals surface area contributed by atoms with Crippen LogP contribution >= 0.6 is 0 Å². The average Bonchev–Trinajstić information content (AvgIpc) is 3.02. The Bertz CT molecular complexity index is 1530. The second kappa shape index (κ2) is 12.1. The number of piperidine rings is 2. The van der Waals surface area contributed by atoms with Crippen LogP contribution < -0.4 is 19.9 Å². The van der Waals surface area contributed by atoms with Crippen LogP contribution in [0.5, 0.6) is 11.6 Å². The third-order valence-electron chi connectivity index (χ3n) is 7.89. The van der Waals surface area contributed by atoms with Crippen LogP contribution in [0.2, 0.25) is 0 Å². The zero-order chi connectivity index (χ0) is 28.2. The summed E-state index contributed by atoms with van der Waals surface area (Å²) < 4.78 is 26.2. The normalized spacial score (nSPS) is 16.1. The zero-order valence-corrected chi connectivity index (χ0v) is 23.2. The van der Waals surface area contributed by atoms with Gasteiger partial charge in [0, 0.05) is 73.3 Å². The fraction of sp³-hybridized carbons (Fsp3) is 0.344. The van der Waals surface area contributed by atoms with Crippen molar-refractivity contribution in [3.8, 4) is 11.6 Å². The van der Waals surface area contributed by atoms with E-state index in [4.69, 9.17) is 9.47 Å². The fourth-order valence-electron chi connectivity index (χ4n) is 5.65. The molecule has 2 saturated heterocycles. The Kier molecular flexibility index (Phi) is 7.95. The van der Waals surface area contributed by atoms with Crippen molar-refractivity contribution in [1.29, 1.82) is 0 Å². The molecule has 0 bridgehead atoms. The molecule has 2 fully saturated rings. The summed E-state index contributed by atoms with van der Waals surface area (Å²) in [7, 11) is 1.75. The van der Waals surface area contributed by atoms with Crippen molar-refractivity contribution in [3.63, 3.8) is 0 Å². The van der Waals surface area contributed by atoms with Crippen molar-refractivity contribution in [1.82, 2.24) is 9.97 Å². The summed E-state index contributed by atoms with van der Waals surface area (Å²) in [5, 5.41) is 4.61. The first kappa shape index (κ1) is 27.0. The number of halogens is 1. The highest BCUT2D eigenvalue weighted by atomic mass is 19.1. The van der Waals surface area contributed by atoms with Gasteiger partial charge >= 0.3 is 0 Å². The van der Waals surface area contributed by atoms with Crippen LogP contribution in [0.1, 0.15) is 42.5 Å². The number of aromatic nitrogens is 2. The van der Waals surface area contributed by atoms with Crippen LogP contribution in [-0.4, -0.2) is 55.3 Å². The lowest BCUT2D eigenvalue weighted by molar-refractivity contribution is 0.0816. The topological polar surface area (TPSA) is 79.8 Å². The number of amides is 1. The standard InChI is InChI=1S/C32H34FN5O3/c1-40-25-12-17-38(18-13-25)32-34-14-11-30(36-32)41-29-10-9-28(26-7-3-4-8-27(26)29)35-31(39)22-19-23(33)21-24(20-22)37-15-5-2-6-16-37/h3-4,7-11,14,19-21,25H,2,5-6,12-13,15-18H2,1H3,(H,35,39). The molecular weight excluding hydrogens is 521 g/mol. The Balaban J connectivity index is 1.22. The molecule has 4 aromatic rings. The van der Waals surface area contributed by atoms with E-state index in [1.807, 2.05) is 30.3 Å². The Morgan fingerprint density at radius 3 is 2.49 bits per heavy atom. The molecule has 6 rings (SSSR count). The van der Waals surface area contributed by atoms with Gasteiger partial charge in [-0.15, -0.1) is 0 Å². The predicted octanol–water partition coefficient (Wildman–Crippen LogP) is 6.42. The number of benzene rings is 3. The van der Waals surface area contributed by atoms with E-state index in [0.29, 0.717) is 23.3 Å². The van der Waals surface area contributed by atoms with E-state index in [1.165, 1.54) is 18.6 Å². The number of anilines is 3. The van der Waals surface area contributed by atoms with Gasteiger partial charge in [-0.25, -0.2) is 9.37 Å². The van der Waals surface area contributed by atoms with Gasteiger partial charge in [0.05, 0.1) is 6.10 Å². The number of nitrogens with one attached hydrogen (secondary N) is 1. The number of nitrogens with zero attached hydrogens (tertiary/aromatic N) is 4. The third-order valence-corrected chi connectivity index (χ3v) is 7.89. The number of ether oxygens (including phenoxy) is 2. The zero-order valence-electron chi connectivity index (χ0n) is 23.2. The van der Waals surface area contributed by atoms with Crippen molar-refractivity contribution in [2.24, 2.45) is 0 Å². The molecule has 3 heterocycles. The summed E-state index contributed by atoms with van der Waals surface area (Å²) in [4.78, 5) is 26.7. The van der Waals surface area contributed by atoms with Gasteiger partial charge in [-0.2, -0.15) is 4.98 Å². The summed E-state index contributed by atoms with van der Waals surface area (Å²) >= 11 is 0. The van der Waals surface area contributed by atoms with E-state index in [-0.39, 0.29) is 17.6 Å². The first-order valence-electron chi connectivity index (χ1n) is 14.2. The van der Waals surface area contributed by atoms with Crippen molar-refractivity contribution in [3.05, 3.63) is 78.2 Å². The van der Waals surface area contributed by atoms with Crippen LogP contribution in [0.15, 0.2) is 66.9 Å². The minimum absolute atomic E-state index is 0.272. The van der Waals surface area contributed by atoms with E-state index in [1.54, 1.807) is 31.5 Å². The molecule has 1 aromatic heterocycles. The number of rotatable bonds is 7. The Morgan fingerprint density at radius 2 is 1.71 bits per heavy atom. The number of carbonyl (C=O) groups excluding carboxylic acids is 1. The van der Waals surface area contributed by atoms with Crippen LogP contribution in [0.3, 0.4) is 0 Å². The molecule has 0 radical (unpaired) electrons. The quantitative estimate of drug-likeness (QED) is 0.282. The third kappa shape index (κ3) is 6.10. The second-order valence-corrected chi connectivity index (χ2v) is 10.6. The molecule has 8 nitrogen and oxygen atoms in total. The largest absolute Gasteiger partial charge is 0.438 e. The molecule has 2 aliphatic heterocycles. The van der Waals surface area contributed by atoms with Gasteiger partial charge in [0.25, 0.3) is 5.91 Å². The summed E-state index contributed by atoms with van der Waals surface area (Å²) in [6.07, 6.45) is 7.15. The summed E-state index contributed by atoms with van der Waals surface area (Å²) in [5.41, 5.74) is 1.65. The minimum Gasteiger partial charge on any atom is -0.438 e. The van der Waals surface area contributed by atoms with Crippen LogP contribution in [0.4, 0.5) is 21.7 Å². The van der Waals surface area contributed by atoms with Crippen LogP contribution in [0.25, 0.3) is 10.8 Å². The molecule has 2 aliphatic rings. The number of hydrogen-bond acceptors (Lipinski definition) is 7. The number of carbonyl (C=O) groups is 1. The molecule has 9 heteroatoms. The van der Waals surface area contributed by atoms with Crippen molar-refractivity contribution >= 4 is 34.0 Å². The van der Waals surface area contributed by atoms with Crippen molar-refractivity contribution in [2.45, 2.75) is 38.2 Å². The monoisotopic (exact) mass is 555 g/mol. The highest BCUT2D eigenvalue weighted by Crippen LogP contribution is 2.35. The first-order chi connectivity index (χ1) is 20.1. The lowest BCUT2D eigenvalue weighted by atomic mass is 10.1. The highest BCUT2D eigenvalue weighted by Gasteiger charge is 2.21. The second-order valence-electron chi connectivity index (χ2n) is 10.6. The molecule has 41 heavy (non-hydrogen) atoms. The van der Waals surface area contributed by atoms with Gasteiger partial charge in [0.1, 0.15) is 11.6 Å². The van der Waals surface area contributed by atoms with E-state index in [9.17, 15) is 9.18 Å². The lowest BCUT2D eigenvalue weighted by Crippen LogP contribution is -2.37. The smallest absolute Gasteiger partial charge is 0.255 e. The molecule has 0 atom stereocenters. The number of methoxy groups -OCH3 is 1. The van der Waals surface area contributed by atoms with E-state index >= 15 is 0 Å². The van der Waals surface area contributed by atoms with Crippen LogP contribution in [0, 0.1) is 5.82 Å². The van der Waals surface area contributed by atoms with Gasteiger partial charge in [-0.1, -0.05) is 24.3 Å². The lowest BCUT2D eigenvalue weighted by Gasteiger charge is -2.31. The van der Waals surface area contributed by atoms with Crippen molar-refractivity contribution in [2.75, 3.05) is 48.4 Å². The molecule has 0 aliphatic carbocycles. The summed E-state index contributed by atoms with van der Waals surface area (Å²) in [6.45, 7) is 3.39. The molecule has 0 saturated carbocycles. The maximum atomic E-state index is 14.5. The fourth-order valence-corrected chi connectivity index (χ4v) is 5.65. The Morgan fingerprint density at radius 1 is 0.927 bits per heavy atom. The maximum absolute atomic E-state index is 14.5. The SMILES string of the molecule is COC1CCN(c2nccc(Oc3ccc(NC(=O)c4cc(F)cc(N5CCCCC5)c4)c4ccccc34)n2)CC1. The number of hydrogen-bond donors (Lipinski definition) is 1. The van der Waals surface area contributed by atoms with Gasteiger partial charge in [0.2, 0.25) is 11.8 Å². The minimum atomic E-state index is -0.417. The van der Waals surface area contributed by atoms with Gasteiger partial charge in [0.15, 0.2) is 0 Å².